The first-order chi connectivity index (χ1) is 9.56. The summed E-state index contributed by atoms with van der Waals surface area (Å²) in [4.78, 5) is 24.7. The van der Waals surface area contributed by atoms with Crippen molar-refractivity contribution in [1.82, 2.24) is 10.6 Å². The van der Waals surface area contributed by atoms with Gasteiger partial charge in [-0.15, -0.1) is 0 Å². The van der Waals surface area contributed by atoms with Crippen LogP contribution in [0.4, 0.5) is 10.5 Å². The largest absolute Gasteiger partial charge is 0.336 e. The number of carbonyl (C=O) groups is 2. The van der Waals surface area contributed by atoms with Gasteiger partial charge in [0, 0.05) is 36.8 Å². The molecule has 0 spiro atoms. The van der Waals surface area contributed by atoms with E-state index in [2.05, 4.69) is 10.6 Å². The Labute approximate surface area is 123 Å². The van der Waals surface area contributed by atoms with Crippen LogP contribution in [0.1, 0.15) is 19.8 Å². The lowest BCUT2D eigenvalue weighted by Crippen LogP contribution is -2.42. The topological polar surface area (TPSA) is 61.4 Å². The standard InChI is InChI=1S/C14H18ClN3O2/c1-10(19)18(13-6-2-11(15)3-7-13)9-8-16-14(20)17-12-4-5-12/h2-3,6-7,12H,4-5,8-9H2,1H3,(H2,16,17,20). The highest BCUT2D eigenvalue weighted by Gasteiger charge is 2.23. The van der Waals surface area contributed by atoms with Crippen LogP contribution in [0.2, 0.25) is 5.02 Å². The summed E-state index contributed by atoms with van der Waals surface area (Å²) in [6, 6.07) is 7.20. The van der Waals surface area contributed by atoms with Crippen LogP contribution in [0.25, 0.3) is 0 Å². The fraction of sp³-hybridized carbons (Fsp3) is 0.429. The maximum Gasteiger partial charge on any atom is 0.315 e. The zero-order valence-electron chi connectivity index (χ0n) is 11.4. The van der Waals surface area contributed by atoms with Crippen molar-refractivity contribution in [1.29, 1.82) is 0 Å². The Morgan fingerprint density at radius 2 is 1.95 bits per heavy atom. The summed E-state index contributed by atoms with van der Waals surface area (Å²) >= 11 is 5.83. The van der Waals surface area contributed by atoms with Gasteiger partial charge in [0.25, 0.3) is 0 Å². The van der Waals surface area contributed by atoms with Crippen molar-refractivity contribution < 1.29 is 9.59 Å². The molecule has 0 atom stereocenters. The number of rotatable bonds is 5. The minimum absolute atomic E-state index is 0.0725. The van der Waals surface area contributed by atoms with Crippen LogP contribution < -0.4 is 15.5 Å². The molecule has 1 aromatic carbocycles. The number of anilines is 1. The Hall–Kier alpha value is -1.75. The Kier molecular flexibility index (Phi) is 4.84. The number of nitrogens with one attached hydrogen (secondary N) is 2. The Morgan fingerprint density at radius 1 is 1.30 bits per heavy atom. The molecule has 0 unspecified atom stereocenters. The number of hydrogen-bond donors (Lipinski definition) is 2. The van der Waals surface area contributed by atoms with E-state index in [1.165, 1.54) is 6.92 Å². The number of amides is 3. The predicted molar refractivity (Wildman–Crippen MR) is 79.0 cm³/mol. The summed E-state index contributed by atoms with van der Waals surface area (Å²) in [7, 11) is 0. The van der Waals surface area contributed by atoms with Gasteiger partial charge in [-0.3, -0.25) is 4.79 Å². The highest BCUT2D eigenvalue weighted by atomic mass is 35.5. The van der Waals surface area contributed by atoms with Gasteiger partial charge in [-0.2, -0.15) is 0 Å². The normalized spacial score (nSPS) is 13.7. The average molecular weight is 296 g/mol. The number of hydrogen-bond acceptors (Lipinski definition) is 2. The van der Waals surface area contributed by atoms with Crippen LogP contribution in [0.5, 0.6) is 0 Å². The van der Waals surface area contributed by atoms with Gasteiger partial charge in [0.1, 0.15) is 0 Å². The summed E-state index contributed by atoms with van der Waals surface area (Å²) in [5, 5.41) is 6.21. The van der Waals surface area contributed by atoms with E-state index in [4.69, 9.17) is 11.6 Å². The van der Waals surface area contributed by atoms with Crippen LogP contribution in [-0.4, -0.2) is 31.1 Å². The van der Waals surface area contributed by atoms with E-state index in [1.807, 2.05) is 0 Å². The monoisotopic (exact) mass is 295 g/mol. The molecule has 6 heteroatoms. The van der Waals surface area contributed by atoms with E-state index in [9.17, 15) is 9.59 Å². The molecule has 0 aromatic heterocycles. The van der Waals surface area contributed by atoms with Gasteiger partial charge in [-0.25, -0.2) is 4.79 Å². The first-order valence-electron chi connectivity index (χ1n) is 6.64. The van der Waals surface area contributed by atoms with Crippen LogP contribution >= 0.6 is 11.6 Å². The summed E-state index contributed by atoms with van der Waals surface area (Å²) in [6.45, 7) is 2.33. The van der Waals surface area contributed by atoms with Crippen LogP contribution in [0.3, 0.4) is 0 Å². The Balaban J connectivity index is 1.84. The molecule has 1 saturated carbocycles. The van der Waals surface area contributed by atoms with Crippen molar-refractivity contribution in [3.63, 3.8) is 0 Å². The minimum atomic E-state index is -0.174. The van der Waals surface area contributed by atoms with Crippen LogP contribution in [0.15, 0.2) is 24.3 Å². The fourth-order valence-electron chi connectivity index (χ4n) is 1.83. The lowest BCUT2D eigenvalue weighted by atomic mass is 10.3. The van der Waals surface area contributed by atoms with E-state index in [1.54, 1.807) is 29.2 Å². The summed E-state index contributed by atoms with van der Waals surface area (Å²) < 4.78 is 0. The molecule has 20 heavy (non-hydrogen) atoms. The fourth-order valence-corrected chi connectivity index (χ4v) is 1.96. The maximum atomic E-state index is 11.7. The van der Waals surface area contributed by atoms with Gasteiger partial charge in [0.2, 0.25) is 5.91 Å². The molecular weight excluding hydrogens is 278 g/mol. The van der Waals surface area contributed by atoms with Gasteiger partial charge in [-0.05, 0) is 37.1 Å². The highest BCUT2D eigenvalue weighted by Crippen LogP contribution is 2.18. The zero-order valence-corrected chi connectivity index (χ0v) is 12.1. The molecule has 1 fully saturated rings. The first-order valence-corrected chi connectivity index (χ1v) is 7.02. The molecule has 0 radical (unpaired) electrons. The van der Waals surface area contributed by atoms with E-state index >= 15 is 0 Å². The molecule has 2 N–H and O–H groups in total. The molecule has 3 amide bonds. The second kappa shape index (κ2) is 6.61. The second-order valence-corrected chi connectivity index (χ2v) is 5.26. The number of nitrogens with zero attached hydrogens (tertiary/aromatic N) is 1. The summed E-state index contributed by atoms with van der Waals surface area (Å²) in [6.07, 6.45) is 2.11. The molecule has 0 bridgehead atoms. The van der Waals surface area contributed by atoms with Gasteiger partial charge in [-0.1, -0.05) is 11.6 Å². The van der Waals surface area contributed by atoms with Crippen molar-refractivity contribution in [2.45, 2.75) is 25.8 Å². The molecule has 5 nitrogen and oxygen atoms in total. The third-order valence-corrected chi connectivity index (χ3v) is 3.30. The number of urea groups is 1. The third kappa shape index (κ3) is 4.42. The second-order valence-electron chi connectivity index (χ2n) is 4.82. The molecule has 1 aliphatic rings. The van der Waals surface area contributed by atoms with Gasteiger partial charge in [0.05, 0.1) is 0 Å². The smallest absolute Gasteiger partial charge is 0.315 e. The van der Waals surface area contributed by atoms with E-state index in [-0.39, 0.29) is 11.9 Å². The van der Waals surface area contributed by atoms with Crippen molar-refractivity contribution in [3.8, 4) is 0 Å². The SMILES string of the molecule is CC(=O)N(CCNC(=O)NC1CC1)c1ccc(Cl)cc1. The molecule has 108 valence electrons. The van der Waals surface area contributed by atoms with Crippen molar-refractivity contribution in [2.24, 2.45) is 0 Å². The lowest BCUT2D eigenvalue weighted by molar-refractivity contribution is -0.116. The van der Waals surface area contributed by atoms with Crippen LogP contribution in [0, 0.1) is 0 Å². The molecule has 0 aliphatic heterocycles. The average Bonchev–Trinajstić information content (AvgIpc) is 3.19. The third-order valence-electron chi connectivity index (χ3n) is 3.05. The molecule has 2 rings (SSSR count). The van der Waals surface area contributed by atoms with Crippen molar-refractivity contribution in [3.05, 3.63) is 29.3 Å². The lowest BCUT2D eigenvalue weighted by Gasteiger charge is -2.21. The van der Waals surface area contributed by atoms with Crippen molar-refractivity contribution in [2.75, 3.05) is 18.0 Å². The van der Waals surface area contributed by atoms with Gasteiger partial charge in [0.15, 0.2) is 0 Å². The minimum Gasteiger partial charge on any atom is -0.336 e. The molecule has 1 aromatic rings. The first kappa shape index (κ1) is 14.7. The van der Waals surface area contributed by atoms with Gasteiger partial charge >= 0.3 is 6.03 Å². The number of benzene rings is 1. The molecule has 0 saturated heterocycles. The number of halogens is 1. The van der Waals surface area contributed by atoms with Crippen molar-refractivity contribution >= 4 is 29.2 Å². The Morgan fingerprint density at radius 3 is 2.50 bits per heavy atom. The van der Waals surface area contributed by atoms with Crippen LogP contribution in [-0.2, 0) is 4.79 Å². The quantitative estimate of drug-likeness (QED) is 0.874. The Bertz CT molecular complexity index is 486. The zero-order chi connectivity index (χ0) is 14.5. The summed E-state index contributed by atoms with van der Waals surface area (Å²) in [5.41, 5.74) is 0.770. The highest BCUT2D eigenvalue weighted by molar-refractivity contribution is 6.30. The maximum absolute atomic E-state index is 11.7. The van der Waals surface area contributed by atoms with Gasteiger partial charge < -0.3 is 15.5 Å². The molecule has 0 heterocycles. The molecule has 1 aliphatic carbocycles. The molecular formula is C14H18ClN3O2. The number of carbonyl (C=O) groups excluding carboxylic acids is 2. The van der Waals surface area contributed by atoms with E-state index < -0.39 is 0 Å². The summed E-state index contributed by atoms with van der Waals surface area (Å²) in [5.74, 6) is -0.0725. The van der Waals surface area contributed by atoms with E-state index in [0.29, 0.717) is 24.2 Å². The van der Waals surface area contributed by atoms with E-state index in [0.717, 1.165) is 18.5 Å². The predicted octanol–water partition coefficient (Wildman–Crippen LogP) is 2.15.